The molecule has 0 bridgehead atoms. The quantitative estimate of drug-likeness (QED) is 0.930. The van der Waals surface area contributed by atoms with Crippen LogP contribution in [0, 0.1) is 11.3 Å². The molecule has 2 aromatic rings. The molecule has 2 rings (SSSR count). The Bertz CT molecular complexity index is 670. The zero-order valence-corrected chi connectivity index (χ0v) is 11.4. The Morgan fingerprint density at radius 2 is 2.25 bits per heavy atom. The molecule has 0 unspecified atom stereocenters. The molecule has 0 atom stereocenters. The van der Waals surface area contributed by atoms with Gasteiger partial charge in [0, 0.05) is 11.3 Å². The van der Waals surface area contributed by atoms with Gasteiger partial charge in [0.25, 0.3) is 0 Å². The van der Waals surface area contributed by atoms with Crippen LogP contribution in [0.15, 0.2) is 30.5 Å². The summed E-state index contributed by atoms with van der Waals surface area (Å²) in [7, 11) is 1.52. The second-order valence-corrected chi connectivity index (χ2v) is 4.36. The maximum absolute atomic E-state index is 13.0. The maximum atomic E-state index is 13.0. The highest BCUT2D eigenvalue weighted by atomic mass is 35.5. The van der Waals surface area contributed by atoms with E-state index < -0.39 is 6.67 Å². The lowest BCUT2D eigenvalue weighted by Gasteiger charge is -2.11. The standard InChI is InChI=1S/C14H11ClFN3O/c1-20-11-2-3-13(9(4-11)6-16)19-10-5-12(15)14(7-17)18-8-10/h2-5,8,19H,6H2,1H3. The summed E-state index contributed by atoms with van der Waals surface area (Å²) in [5, 5.41) is 12.0. The highest BCUT2D eigenvalue weighted by Crippen LogP contribution is 2.27. The average Bonchev–Trinajstić information content (AvgIpc) is 2.48. The van der Waals surface area contributed by atoms with Gasteiger partial charge in [0.05, 0.1) is 24.0 Å². The summed E-state index contributed by atoms with van der Waals surface area (Å²) in [5.41, 5.74) is 1.78. The zero-order valence-electron chi connectivity index (χ0n) is 10.7. The molecule has 1 heterocycles. The molecule has 0 amide bonds. The van der Waals surface area contributed by atoms with E-state index in [1.54, 1.807) is 24.3 Å². The topological polar surface area (TPSA) is 57.9 Å². The lowest BCUT2D eigenvalue weighted by molar-refractivity contribution is 0.412. The van der Waals surface area contributed by atoms with Gasteiger partial charge in [-0.2, -0.15) is 5.26 Å². The molecule has 0 aliphatic rings. The first kappa shape index (κ1) is 14.1. The largest absolute Gasteiger partial charge is 0.497 e. The van der Waals surface area contributed by atoms with Crippen molar-refractivity contribution in [3.05, 3.63) is 46.7 Å². The minimum atomic E-state index is -0.628. The smallest absolute Gasteiger partial charge is 0.159 e. The van der Waals surface area contributed by atoms with Gasteiger partial charge in [-0.3, -0.25) is 0 Å². The molecule has 0 spiro atoms. The van der Waals surface area contributed by atoms with Gasteiger partial charge in [-0.25, -0.2) is 9.37 Å². The van der Waals surface area contributed by atoms with Gasteiger partial charge < -0.3 is 10.1 Å². The molecule has 6 heteroatoms. The van der Waals surface area contributed by atoms with Crippen molar-refractivity contribution in [1.82, 2.24) is 4.98 Å². The Balaban J connectivity index is 2.30. The molecular weight excluding hydrogens is 281 g/mol. The lowest BCUT2D eigenvalue weighted by atomic mass is 10.1. The lowest BCUT2D eigenvalue weighted by Crippen LogP contribution is -1.97. The van der Waals surface area contributed by atoms with E-state index in [2.05, 4.69) is 10.3 Å². The summed E-state index contributed by atoms with van der Waals surface area (Å²) in [6.07, 6.45) is 1.47. The second kappa shape index (κ2) is 6.22. The van der Waals surface area contributed by atoms with E-state index >= 15 is 0 Å². The first-order valence-electron chi connectivity index (χ1n) is 5.73. The molecule has 20 heavy (non-hydrogen) atoms. The van der Waals surface area contributed by atoms with Crippen LogP contribution in [0.3, 0.4) is 0 Å². The second-order valence-electron chi connectivity index (χ2n) is 3.95. The number of rotatable bonds is 4. The van der Waals surface area contributed by atoms with Gasteiger partial charge in [0.1, 0.15) is 18.5 Å². The molecule has 1 N–H and O–H groups in total. The third-order valence-electron chi connectivity index (χ3n) is 2.68. The fraction of sp³-hybridized carbons (Fsp3) is 0.143. The van der Waals surface area contributed by atoms with Gasteiger partial charge in [-0.15, -0.1) is 0 Å². The Morgan fingerprint density at radius 1 is 1.45 bits per heavy atom. The molecule has 1 aromatic carbocycles. The highest BCUT2D eigenvalue weighted by Gasteiger charge is 2.07. The van der Waals surface area contributed by atoms with Crippen LogP contribution in [0.5, 0.6) is 5.75 Å². The molecule has 0 saturated heterocycles. The van der Waals surface area contributed by atoms with Crippen LogP contribution in [0.1, 0.15) is 11.3 Å². The van der Waals surface area contributed by atoms with E-state index in [0.29, 0.717) is 22.7 Å². The minimum Gasteiger partial charge on any atom is -0.497 e. The SMILES string of the molecule is COc1ccc(Nc2cnc(C#N)c(Cl)c2)c(CF)c1. The number of hydrogen-bond acceptors (Lipinski definition) is 4. The van der Waals surface area contributed by atoms with Gasteiger partial charge in [0.15, 0.2) is 5.69 Å². The molecule has 4 nitrogen and oxygen atoms in total. The Hall–Kier alpha value is -2.32. The van der Waals surface area contributed by atoms with Gasteiger partial charge in [-0.05, 0) is 24.3 Å². The van der Waals surface area contributed by atoms with Crippen molar-refractivity contribution in [1.29, 1.82) is 5.26 Å². The van der Waals surface area contributed by atoms with Crippen LogP contribution in [0.2, 0.25) is 5.02 Å². The van der Waals surface area contributed by atoms with E-state index in [-0.39, 0.29) is 10.7 Å². The van der Waals surface area contributed by atoms with Gasteiger partial charge >= 0.3 is 0 Å². The summed E-state index contributed by atoms with van der Waals surface area (Å²) in [4.78, 5) is 3.91. The molecule has 0 aliphatic heterocycles. The molecule has 0 radical (unpaired) electrons. The number of ether oxygens (including phenoxy) is 1. The summed E-state index contributed by atoms with van der Waals surface area (Å²) in [5.74, 6) is 0.583. The Morgan fingerprint density at radius 3 is 2.85 bits per heavy atom. The number of benzene rings is 1. The maximum Gasteiger partial charge on any atom is 0.159 e. The first-order chi connectivity index (χ1) is 9.67. The molecule has 0 saturated carbocycles. The fourth-order valence-electron chi connectivity index (χ4n) is 1.67. The van der Waals surface area contributed by atoms with Crippen molar-refractivity contribution in [2.45, 2.75) is 6.67 Å². The average molecular weight is 292 g/mol. The van der Waals surface area contributed by atoms with Crippen molar-refractivity contribution in [2.24, 2.45) is 0 Å². The summed E-state index contributed by atoms with van der Waals surface area (Å²) >= 11 is 5.90. The minimum absolute atomic E-state index is 0.151. The fourth-order valence-corrected chi connectivity index (χ4v) is 1.88. The van der Waals surface area contributed by atoms with E-state index in [1.807, 2.05) is 6.07 Å². The van der Waals surface area contributed by atoms with E-state index in [1.165, 1.54) is 13.3 Å². The summed E-state index contributed by atoms with van der Waals surface area (Å²) < 4.78 is 18.1. The summed E-state index contributed by atoms with van der Waals surface area (Å²) in [6.45, 7) is -0.628. The van der Waals surface area contributed by atoms with Crippen LogP contribution >= 0.6 is 11.6 Å². The molecular formula is C14H11ClFN3O. The van der Waals surface area contributed by atoms with E-state index in [9.17, 15) is 4.39 Å². The van der Waals surface area contributed by atoms with Crippen LogP contribution in [0.25, 0.3) is 0 Å². The van der Waals surface area contributed by atoms with Crippen molar-refractivity contribution in [2.75, 3.05) is 12.4 Å². The van der Waals surface area contributed by atoms with Crippen LogP contribution in [-0.4, -0.2) is 12.1 Å². The third kappa shape index (κ3) is 2.98. The van der Waals surface area contributed by atoms with Gasteiger partial charge in [-0.1, -0.05) is 11.6 Å². The zero-order chi connectivity index (χ0) is 14.5. The van der Waals surface area contributed by atoms with Crippen LogP contribution in [0.4, 0.5) is 15.8 Å². The predicted octanol–water partition coefficient (Wildman–Crippen LogP) is 3.83. The number of nitrogens with zero attached hydrogens (tertiary/aromatic N) is 2. The third-order valence-corrected chi connectivity index (χ3v) is 2.97. The van der Waals surface area contributed by atoms with Crippen LogP contribution < -0.4 is 10.1 Å². The van der Waals surface area contributed by atoms with Crippen molar-refractivity contribution in [3.63, 3.8) is 0 Å². The number of anilines is 2. The number of pyridine rings is 1. The van der Waals surface area contributed by atoms with Crippen molar-refractivity contribution < 1.29 is 9.13 Å². The number of hydrogen-bond donors (Lipinski definition) is 1. The highest BCUT2D eigenvalue weighted by molar-refractivity contribution is 6.31. The number of methoxy groups -OCH3 is 1. The number of halogens is 2. The number of nitrogens with one attached hydrogen (secondary N) is 1. The van der Waals surface area contributed by atoms with Crippen molar-refractivity contribution in [3.8, 4) is 11.8 Å². The van der Waals surface area contributed by atoms with E-state index in [0.717, 1.165) is 0 Å². The molecule has 0 fully saturated rings. The van der Waals surface area contributed by atoms with Crippen molar-refractivity contribution >= 4 is 23.0 Å². The molecule has 0 aliphatic carbocycles. The molecule has 102 valence electrons. The summed E-state index contributed by atoms with van der Waals surface area (Å²) in [6, 6.07) is 8.49. The number of nitriles is 1. The van der Waals surface area contributed by atoms with Crippen LogP contribution in [-0.2, 0) is 6.67 Å². The number of alkyl halides is 1. The molecule has 1 aromatic heterocycles. The van der Waals surface area contributed by atoms with E-state index in [4.69, 9.17) is 21.6 Å². The predicted molar refractivity (Wildman–Crippen MR) is 75.1 cm³/mol. The monoisotopic (exact) mass is 291 g/mol. The number of aromatic nitrogens is 1. The Labute approximate surface area is 120 Å². The Kier molecular flexibility index (Phi) is 4.38. The van der Waals surface area contributed by atoms with Gasteiger partial charge in [0.2, 0.25) is 0 Å². The normalized spacial score (nSPS) is 9.90. The first-order valence-corrected chi connectivity index (χ1v) is 6.11.